The second-order valence-electron chi connectivity index (χ2n) is 6.04. The number of nitrogens with zero attached hydrogens (tertiary/aromatic N) is 1. The van der Waals surface area contributed by atoms with E-state index in [1.807, 2.05) is 0 Å². The SMILES string of the molecule is C=C(N)C1CCN(Cc2ccccc2/C(=C/C=CC)SC)CC1. The number of benzene rings is 1. The summed E-state index contributed by atoms with van der Waals surface area (Å²) in [6.07, 6.45) is 10.8. The third-order valence-electron chi connectivity index (χ3n) is 4.45. The van der Waals surface area contributed by atoms with Crippen LogP contribution in [0.5, 0.6) is 0 Å². The first-order chi connectivity index (χ1) is 11.2. The van der Waals surface area contributed by atoms with Crippen LogP contribution in [0.1, 0.15) is 30.9 Å². The van der Waals surface area contributed by atoms with E-state index in [1.54, 1.807) is 11.8 Å². The zero-order chi connectivity index (χ0) is 16.7. The maximum Gasteiger partial charge on any atom is 0.0240 e. The fourth-order valence-electron chi connectivity index (χ4n) is 3.05. The summed E-state index contributed by atoms with van der Waals surface area (Å²) in [7, 11) is 0. The monoisotopic (exact) mass is 328 g/mol. The predicted octanol–water partition coefficient (Wildman–Crippen LogP) is 4.65. The van der Waals surface area contributed by atoms with E-state index >= 15 is 0 Å². The van der Waals surface area contributed by atoms with E-state index in [4.69, 9.17) is 5.73 Å². The molecule has 0 amide bonds. The average Bonchev–Trinajstić information content (AvgIpc) is 2.57. The molecule has 1 aliphatic rings. The van der Waals surface area contributed by atoms with Gasteiger partial charge >= 0.3 is 0 Å². The Morgan fingerprint density at radius 3 is 2.65 bits per heavy atom. The molecule has 1 aliphatic heterocycles. The Hall–Kier alpha value is -1.45. The van der Waals surface area contributed by atoms with Crippen LogP contribution in [0.25, 0.3) is 4.91 Å². The summed E-state index contributed by atoms with van der Waals surface area (Å²) in [5.74, 6) is 0.498. The van der Waals surface area contributed by atoms with Gasteiger partial charge in [0.2, 0.25) is 0 Å². The number of hydrogen-bond acceptors (Lipinski definition) is 3. The van der Waals surface area contributed by atoms with Crippen molar-refractivity contribution in [2.24, 2.45) is 11.7 Å². The van der Waals surface area contributed by atoms with Crippen LogP contribution in [-0.2, 0) is 6.54 Å². The Labute approximate surface area is 145 Å². The van der Waals surface area contributed by atoms with E-state index in [-0.39, 0.29) is 0 Å². The van der Waals surface area contributed by atoms with Crippen molar-refractivity contribution in [2.75, 3.05) is 19.3 Å². The molecule has 2 N–H and O–H groups in total. The van der Waals surface area contributed by atoms with E-state index in [2.05, 4.69) is 67.2 Å². The summed E-state index contributed by atoms with van der Waals surface area (Å²) in [6.45, 7) is 9.17. The maximum absolute atomic E-state index is 5.86. The van der Waals surface area contributed by atoms with Gasteiger partial charge in [-0.05, 0) is 56.3 Å². The van der Waals surface area contributed by atoms with Gasteiger partial charge < -0.3 is 5.73 Å². The summed E-state index contributed by atoms with van der Waals surface area (Å²) in [5, 5.41) is 0. The molecule has 3 heteroatoms. The summed E-state index contributed by atoms with van der Waals surface area (Å²) in [4.78, 5) is 3.86. The molecule has 23 heavy (non-hydrogen) atoms. The van der Waals surface area contributed by atoms with Crippen LogP contribution >= 0.6 is 11.8 Å². The lowest BCUT2D eigenvalue weighted by molar-refractivity contribution is 0.191. The number of likely N-dealkylation sites (tertiary alicyclic amines) is 1. The quantitative estimate of drug-likeness (QED) is 0.771. The number of hydrogen-bond donors (Lipinski definition) is 1. The Kier molecular flexibility index (Phi) is 7.00. The van der Waals surface area contributed by atoms with Gasteiger partial charge in [-0.1, -0.05) is 43.0 Å². The number of piperidine rings is 1. The molecule has 0 spiro atoms. The molecule has 0 atom stereocenters. The summed E-state index contributed by atoms with van der Waals surface area (Å²) in [6, 6.07) is 8.75. The van der Waals surface area contributed by atoms with Crippen molar-refractivity contribution in [1.29, 1.82) is 0 Å². The Bertz CT molecular complexity index is 581. The highest BCUT2D eigenvalue weighted by Crippen LogP contribution is 2.30. The minimum atomic E-state index is 0.498. The van der Waals surface area contributed by atoms with E-state index in [0.29, 0.717) is 5.92 Å². The third kappa shape index (κ3) is 5.02. The summed E-state index contributed by atoms with van der Waals surface area (Å²) < 4.78 is 0. The lowest BCUT2D eigenvalue weighted by Gasteiger charge is -2.32. The zero-order valence-corrected chi connectivity index (χ0v) is 15.1. The molecule has 0 aromatic heterocycles. The normalized spacial score (nSPS) is 17.7. The van der Waals surface area contributed by atoms with Crippen molar-refractivity contribution in [2.45, 2.75) is 26.3 Å². The highest BCUT2D eigenvalue weighted by molar-refractivity contribution is 8.07. The van der Waals surface area contributed by atoms with Crippen LogP contribution in [0.3, 0.4) is 0 Å². The van der Waals surface area contributed by atoms with E-state index in [9.17, 15) is 0 Å². The second-order valence-corrected chi connectivity index (χ2v) is 6.89. The number of rotatable bonds is 6. The molecule has 0 radical (unpaired) electrons. The van der Waals surface area contributed by atoms with Gasteiger partial charge in [-0.2, -0.15) is 0 Å². The van der Waals surface area contributed by atoms with Crippen LogP contribution in [0.4, 0.5) is 0 Å². The van der Waals surface area contributed by atoms with Crippen LogP contribution in [-0.4, -0.2) is 24.2 Å². The van der Waals surface area contributed by atoms with Gasteiger partial charge in [0.1, 0.15) is 0 Å². The Balaban J connectivity index is 2.11. The highest BCUT2D eigenvalue weighted by Gasteiger charge is 2.20. The van der Waals surface area contributed by atoms with Crippen molar-refractivity contribution >= 4 is 16.7 Å². The first kappa shape index (κ1) is 17.9. The lowest BCUT2D eigenvalue weighted by Crippen LogP contribution is -2.34. The molecule has 2 rings (SSSR count). The number of nitrogens with two attached hydrogens (primary N) is 1. The molecular formula is C20H28N2S. The van der Waals surface area contributed by atoms with Crippen molar-refractivity contribution in [1.82, 2.24) is 4.90 Å². The van der Waals surface area contributed by atoms with Crippen molar-refractivity contribution in [3.05, 3.63) is 65.9 Å². The fourth-order valence-corrected chi connectivity index (χ4v) is 3.69. The molecule has 124 valence electrons. The van der Waals surface area contributed by atoms with Gasteiger partial charge in [0, 0.05) is 23.1 Å². The molecule has 1 aromatic carbocycles. The predicted molar refractivity (Wildman–Crippen MR) is 104 cm³/mol. The summed E-state index contributed by atoms with van der Waals surface area (Å²) in [5.41, 5.74) is 9.47. The highest BCUT2D eigenvalue weighted by atomic mass is 32.2. The fraction of sp³-hybridized carbons (Fsp3) is 0.400. The molecule has 0 saturated carbocycles. The number of allylic oxidation sites excluding steroid dienone is 4. The molecular weight excluding hydrogens is 300 g/mol. The van der Waals surface area contributed by atoms with E-state index < -0.39 is 0 Å². The standard InChI is InChI=1S/C20H28N2S/c1-4-5-10-20(23-3)19-9-7-6-8-18(19)15-22-13-11-17(12-14-22)16(2)21/h4-10,17H,2,11-15,21H2,1,3H3/b5-4?,20-10-. The maximum atomic E-state index is 5.86. The zero-order valence-electron chi connectivity index (χ0n) is 14.3. The molecule has 1 saturated heterocycles. The molecule has 2 nitrogen and oxygen atoms in total. The second kappa shape index (κ2) is 8.99. The van der Waals surface area contributed by atoms with Gasteiger partial charge in [0.25, 0.3) is 0 Å². The molecule has 0 bridgehead atoms. The Morgan fingerprint density at radius 1 is 1.35 bits per heavy atom. The van der Waals surface area contributed by atoms with E-state index in [0.717, 1.165) is 38.2 Å². The molecule has 0 unspecified atom stereocenters. The van der Waals surface area contributed by atoms with Crippen LogP contribution in [0, 0.1) is 5.92 Å². The lowest BCUT2D eigenvalue weighted by atomic mass is 9.94. The molecule has 1 aromatic rings. The largest absolute Gasteiger partial charge is 0.402 e. The summed E-state index contributed by atoms with van der Waals surface area (Å²) >= 11 is 1.81. The van der Waals surface area contributed by atoms with Crippen LogP contribution in [0.15, 0.2) is 54.8 Å². The molecule has 1 heterocycles. The molecule has 1 fully saturated rings. The van der Waals surface area contributed by atoms with Gasteiger partial charge in [-0.3, -0.25) is 4.90 Å². The third-order valence-corrected chi connectivity index (χ3v) is 5.24. The van der Waals surface area contributed by atoms with Gasteiger partial charge in [0.15, 0.2) is 0 Å². The topological polar surface area (TPSA) is 29.3 Å². The smallest absolute Gasteiger partial charge is 0.0240 e. The van der Waals surface area contributed by atoms with Crippen LogP contribution < -0.4 is 5.73 Å². The number of thioether (sulfide) groups is 1. The Morgan fingerprint density at radius 2 is 2.04 bits per heavy atom. The minimum Gasteiger partial charge on any atom is -0.402 e. The first-order valence-electron chi connectivity index (χ1n) is 8.27. The van der Waals surface area contributed by atoms with Gasteiger partial charge in [0.05, 0.1) is 0 Å². The van der Waals surface area contributed by atoms with Gasteiger partial charge in [-0.25, -0.2) is 0 Å². The molecule has 0 aliphatic carbocycles. The van der Waals surface area contributed by atoms with Crippen molar-refractivity contribution in [3.8, 4) is 0 Å². The van der Waals surface area contributed by atoms with Crippen LogP contribution in [0.2, 0.25) is 0 Å². The van der Waals surface area contributed by atoms with Gasteiger partial charge in [-0.15, -0.1) is 11.8 Å². The van der Waals surface area contributed by atoms with Crippen molar-refractivity contribution in [3.63, 3.8) is 0 Å². The first-order valence-corrected chi connectivity index (χ1v) is 9.50. The minimum absolute atomic E-state index is 0.498. The van der Waals surface area contributed by atoms with E-state index in [1.165, 1.54) is 16.0 Å². The average molecular weight is 329 g/mol. The van der Waals surface area contributed by atoms with Crippen molar-refractivity contribution < 1.29 is 0 Å².